The van der Waals surface area contributed by atoms with E-state index in [9.17, 15) is 5.26 Å². The van der Waals surface area contributed by atoms with Gasteiger partial charge in [0.25, 0.3) is 0 Å². The molecule has 136 valence electrons. The van der Waals surface area contributed by atoms with Gasteiger partial charge in [0.05, 0.1) is 16.4 Å². The highest BCUT2D eigenvalue weighted by Gasteiger charge is 2.20. The van der Waals surface area contributed by atoms with Crippen LogP contribution in [0.5, 0.6) is 0 Å². The van der Waals surface area contributed by atoms with Crippen molar-refractivity contribution >= 4 is 35.2 Å². The summed E-state index contributed by atoms with van der Waals surface area (Å²) in [6, 6.07) is 12.0. The SMILES string of the molecule is C/C=C\N=CCCCNc1nccc(/C(C#N)=C2\Nc3ccccc3S2)n1. The van der Waals surface area contributed by atoms with Crippen LogP contribution in [0.3, 0.4) is 0 Å². The molecule has 27 heavy (non-hydrogen) atoms. The molecular weight excluding hydrogens is 356 g/mol. The van der Waals surface area contributed by atoms with E-state index in [1.165, 1.54) is 0 Å². The molecule has 6 nitrogen and oxygen atoms in total. The molecule has 0 saturated carbocycles. The maximum Gasteiger partial charge on any atom is 0.223 e. The number of aromatic nitrogens is 2. The fourth-order valence-corrected chi connectivity index (χ4v) is 3.46. The van der Waals surface area contributed by atoms with E-state index >= 15 is 0 Å². The molecule has 2 heterocycles. The van der Waals surface area contributed by atoms with Crippen molar-refractivity contribution in [2.75, 3.05) is 17.2 Å². The van der Waals surface area contributed by atoms with Crippen LogP contribution in [0.1, 0.15) is 25.5 Å². The zero-order valence-corrected chi connectivity index (χ0v) is 15.8. The number of benzene rings is 1. The summed E-state index contributed by atoms with van der Waals surface area (Å²) < 4.78 is 0. The van der Waals surface area contributed by atoms with E-state index in [2.05, 4.69) is 31.7 Å². The first kappa shape index (κ1) is 18.7. The summed E-state index contributed by atoms with van der Waals surface area (Å²) in [6.45, 7) is 2.68. The zero-order valence-electron chi connectivity index (χ0n) is 15.0. The number of thioether (sulfide) groups is 1. The zero-order chi connectivity index (χ0) is 18.9. The summed E-state index contributed by atoms with van der Waals surface area (Å²) in [6.07, 6.45) is 9.02. The highest BCUT2D eigenvalue weighted by atomic mass is 32.2. The van der Waals surface area contributed by atoms with Gasteiger partial charge in [0.1, 0.15) is 11.6 Å². The number of nitriles is 1. The summed E-state index contributed by atoms with van der Waals surface area (Å²) >= 11 is 1.55. The number of para-hydroxylation sites is 1. The minimum absolute atomic E-state index is 0.514. The third-order valence-corrected chi connectivity index (χ3v) is 4.82. The van der Waals surface area contributed by atoms with Gasteiger partial charge >= 0.3 is 0 Å². The normalized spacial score (nSPS) is 14.8. The molecule has 2 N–H and O–H groups in total. The maximum atomic E-state index is 9.66. The lowest BCUT2D eigenvalue weighted by molar-refractivity contribution is 0.906. The molecule has 7 heteroatoms. The van der Waals surface area contributed by atoms with Crippen LogP contribution < -0.4 is 10.6 Å². The van der Waals surface area contributed by atoms with Crippen LogP contribution in [0.15, 0.2) is 63.7 Å². The number of allylic oxidation sites excluding steroid dienone is 2. The molecule has 0 atom stereocenters. The Morgan fingerprint density at radius 3 is 3.07 bits per heavy atom. The lowest BCUT2D eigenvalue weighted by atomic mass is 10.2. The molecule has 1 aliphatic heterocycles. The van der Waals surface area contributed by atoms with Crippen LogP contribution in [0.4, 0.5) is 11.6 Å². The van der Waals surface area contributed by atoms with E-state index in [0.717, 1.165) is 35.0 Å². The number of nitrogens with one attached hydrogen (secondary N) is 2. The Hall–Kier alpha value is -3.11. The van der Waals surface area contributed by atoms with Crippen LogP contribution in [0.2, 0.25) is 0 Å². The largest absolute Gasteiger partial charge is 0.354 e. The van der Waals surface area contributed by atoms with Crippen LogP contribution in [-0.2, 0) is 0 Å². The minimum Gasteiger partial charge on any atom is -0.354 e. The fourth-order valence-electron chi connectivity index (χ4n) is 2.45. The average Bonchev–Trinajstić information content (AvgIpc) is 3.12. The predicted octanol–water partition coefficient (Wildman–Crippen LogP) is 4.68. The number of rotatable bonds is 7. The van der Waals surface area contributed by atoms with Crippen LogP contribution >= 0.6 is 11.8 Å². The number of hydrogen-bond acceptors (Lipinski definition) is 7. The molecule has 0 unspecified atom stereocenters. The first-order chi connectivity index (χ1) is 13.3. The number of unbranched alkanes of at least 4 members (excludes halogenated alkanes) is 1. The van der Waals surface area contributed by atoms with E-state index in [0.29, 0.717) is 17.2 Å². The molecular formula is C20H20N6S. The standard InChI is InChI=1S/C20H20N6S/c1-2-10-22-11-5-6-12-23-20-24-13-9-16(26-20)15(14-21)19-25-17-7-3-4-8-18(17)27-19/h2-4,7-11,13,25H,5-6,12H2,1H3,(H,23,24,26)/b10-2-,19-15+,22-11?. The smallest absolute Gasteiger partial charge is 0.223 e. The second-order valence-corrected chi connectivity index (χ2v) is 6.74. The molecule has 0 saturated heterocycles. The van der Waals surface area contributed by atoms with Crippen molar-refractivity contribution in [3.63, 3.8) is 0 Å². The third-order valence-electron chi connectivity index (χ3n) is 3.73. The molecule has 0 bridgehead atoms. The summed E-state index contributed by atoms with van der Waals surface area (Å²) in [5, 5.41) is 17.0. The number of aliphatic imine (C=N–C) groups is 1. The van der Waals surface area contributed by atoms with Crippen LogP contribution in [0.25, 0.3) is 5.57 Å². The summed E-state index contributed by atoms with van der Waals surface area (Å²) in [5.74, 6) is 0.520. The topological polar surface area (TPSA) is 86.0 Å². The van der Waals surface area contributed by atoms with E-state index in [-0.39, 0.29) is 0 Å². The first-order valence-corrected chi connectivity index (χ1v) is 9.52. The molecule has 0 radical (unpaired) electrons. The quantitative estimate of drug-likeness (QED) is 0.414. The third kappa shape index (κ3) is 4.96. The highest BCUT2D eigenvalue weighted by Crippen LogP contribution is 2.43. The molecule has 1 aliphatic rings. The molecule has 3 rings (SSSR count). The van der Waals surface area contributed by atoms with Crippen molar-refractivity contribution in [1.82, 2.24) is 9.97 Å². The van der Waals surface area contributed by atoms with E-state index in [4.69, 9.17) is 0 Å². The van der Waals surface area contributed by atoms with Gasteiger partial charge < -0.3 is 10.6 Å². The van der Waals surface area contributed by atoms with Gasteiger partial charge in [-0.05, 0) is 38.0 Å². The van der Waals surface area contributed by atoms with Crippen LogP contribution in [-0.4, -0.2) is 22.7 Å². The number of fused-ring (bicyclic) bond motifs is 1. The predicted molar refractivity (Wildman–Crippen MR) is 112 cm³/mol. The lowest BCUT2D eigenvalue weighted by Crippen LogP contribution is -2.07. The van der Waals surface area contributed by atoms with Gasteiger partial charge in [0.2, 0.25) is 5.95 Å². The van der Waals surface area contributed by atoms with Gasteiger partial charge in [-0.1, -0.05) is 30.0 Å². The Balaban J connectivity index is 1.66. The summed E-state index contributed by atoms with van der Waals surface area (Å²) in [4.78, 5) is 14.0. The van der Waals surface area contributed by atoms with Gasteiger partial charge in [-0.25, -0.2) is 9.97 Å². The van der Waals surface area contributed by atoms with Crippen molar-refractivity contribution in [2.45, 2.75) is 24.7 Å². The monoisotopic (exact) mass is 376 g/mol. The molecule has 2 aromatic rings. The van der Waals surface area contributed by atoms with Gasteiger partial charge in [0.15, 0.2) is 0 Å². The Morgan fingerprint density at radius 1 is 1.37 bits per heavy atom. The lowest BCUT2D eigenvalue weighted by Gasteiger charge is -2.07. The number of nitrogens with zero attached hydrogens (tertiary/aromatic N) is 4. The van der Waals surface area contributed by atoms with Crippen molar-refractivity contribution in [3.8, 4) is 6.07 Å². The van der Waals surface area contributed by atoms with Crippen molar-refractivity contribution < 1.29 is 0 Å². The average molecular weight is 376 g/mol. The van der Waals surface area contributed by atoms with Gasteiger partial charge in [0, 0.05) is 30.1 Å². The highest BCUT2D eigenvalue weighted by molar-refractivity contribution is 8.04. The van der Waals surface area contributed by atoms with E-state index < -0.39 is 0 Å². The molecule has 0 fully saturated rings. The van der Waals surface area contributed by atoms with Crippen molar-refractivity contribution in [2.24, 2.45) is 4.99 Å². The molecule has 1 aromatic heterocycles. The molecule has 0 aliphatic carbocycles. The number of anilines is 2. The molecule has 0 spiro atoms. The Morgan fingerprint density at radius 2 is 2.26 bits per heavy atom. The van der Waals surface area contributed by atoms with Gasteiger partial charge in [-0.2, -0.15) is 5.26 Å². The summed E-state index contributed by atoms with van der Waals surface area (Å²) in [5.41, 5.74) is 2.13. The summed E-state index contributed by atoms with van der Waals surface area (Å²) in [7, 11) is 0. The molecule has 1 aromatic carbocycles. The van der Waals surface area contributed by atoms with Crippen LogP contribution in [0, 0.1) is 11.3 Å². The van der Waals surface area contributed by atoms with E-state index in [1.54, 1.807) is 30.2 Å². The van der Waals surface area contributed by atoms with E-state index in [1.807, 2.05) is 43.5 Å². The Kier molecular flexibility index (Phi) is 6.61. The maximum absolute atomic E-state index is 9.66. The van der Waals surface area contributed by atoms with Crippen molar-refractivity contribution in [1.29, 1.82) is 5.26 Å². The second kappa shape index (κ2) is 9.55. The van der Waals surface area contributed by atoms with Crippen molar-refractivity contribution in [3.05, 3.63) is 59.5 Å². The Bertz CT molecular complexity index is 899. The first-order valence-electron chi connectivity index (χ1n) is 8.70. The van der Waals surface area contributed by atoms with Gasteiger partial charge in [-0.3, -0.25) is 4.99 Å². The number of hydrogen-bond donors (Lipinski definition) is 2. The fraction of sp³-hybridized carbons (Fsp3) is 0.200. The molecule has 0 amide bonds. The Labute approximate surface area is 163 Å². The minimum atomic E-state index is 0.514. The van der Waals surface area contributed by atoms with Gasteiger partial charge in [-0.15, -0.1) is 0 Å². The second-order valence-electron chi connectivity index (χ2n) is 5.69.